The number of likely N-dealkylation sites (tertiary alicyclic amines) is 1. The van der Waals surface area contributed by atoms with Gasteiger partial charge in [-0.15, -0.1) is 0 Å². The third kappa shape index (κ3) is 3.84. The number of carbonyl (C=O) groups is 1. The predicted molar refractivity (Wildman–Crippen MR) is 107 cm³/mol. The smallest absolute Gasteiger partial charge is 0.332 e. The fourth-order valence-electron chi connectivity index (χ4n) is 4.72. The summed E-state index contributed by atoms with van der Waals surface area (Å²) in [5.41, 5.74) is 5.88. The van der Waals surface area contributed by atoms with Crippen LogP contribution in [0.1, 0.15) is 35.1 Å². The van der Waals surface area contributed by atoms with Crippen molar-refractivity contribution in [3.05, 3.63) is 28.3 Å². The van der Waals surface area contributed by atoms with Crippen LogP contribution in [-0.4, -0.2) is 108 Å². The number of sulfonamides is 1. The molecule has 0 bridgehead atoms. The molecule has 147 valence electrons. The van der Waals surface area contributed by atoms with E-state index >= 15 is 0 Å². The molecule has 0 aromatic heterocycles. The van der Waals surface area contributed by atoms with Crippen LogP contribution in [0.25, 0.3) is 0 Å². The van der Waals surface area contributed by atoms with E-state index in [2.05, 4.69) is 21.0 Å². The first-order chi connectivity index (χ1) is 13.0. The molecule has 2 amide bonds. The second-order valence-electron chi connectivity index (χ2n) is 8.10. The van der Waals surface area contributed by atoms with Gasteiger partial charge in [-0.1, -0.05) is 6.07 Å². The summed E-state index contributed by atoms with van der Waals surface area (Å²) in [6, 6.07) is 1.99. The average Bonchev–Trinajstić information content (AvgIpc) is 3.15. The summed E-state index contributed by atoms with van der Waals surface area (Å²) >= 11 is 0. The van der Waals surface area contributed by atoms with Crippen molar-refractivity contribution in [3.63, 3.8) is 0 Å². The van der Waals surface area contributed by atoms with Crippen LogP contribution in [0.2, 0.25) is 0 Å². The largest absolute Gasteiger partial charge is 0.378 e. The molecule has 0 saturated carbocycles. The normalized spacial score (nSPS) is 21.9. The first-order valence-corrected chi connectivity index (χ1v) is 11.4. The molecule has 9 heteroatoms. The zero-order chi connectivity index (χ0) is 18.6. The van der Waals surface area contributed by atoms with Gasteiger partial charge in [-0.2, -0.15) is 0 Å². The number of aryl methyl sites for hydroxylation is 2. The number of fused-ring (bicyclic) bond motifs is 2. The number of nitrogens with one attached hydrogen (secondary N) is 2. The Bertz CT molecular complexity index is 863. The maximum atomic E-state index is 12.5. The predicted octanol–water partition coefficient (Wildman–Crippen LogP) is 0.818. The number of amides is 2. The zero-order valence-corrected chi connectivity index (χ0v) is 20.2. The molecule has 4 aliphatic rings. The monoisotopic (exact) mass is 430 g/mol. The number of rotatable bonds is 4. The summed E-state index contributed by atoms with van der Waals surface area (Å²) in [5.74, 6) is 0. The maximum absolute atomic E-state index is 12.5. The molecule has 1 radical (unpaired) electrons. The van der Waals surface area contributed by atoms with Gasteiger partial charge in [-0.3, -0.25) is 4.90 Å². The number of hydrogen-bond acceptors (Lipinski definition) is 5. The molecule has 2 saturated heterocycles. The Kier molecular flexibility index (Phi) is 6.27. The third-order valence-corrected chi connectivity index (χ3v) is 8.04. The number of anilines is 1. The topological polar surface area (TPSA) is 87.7 Å². The fraction of sp³-hybridized carbons (Fsp3) is 0.632. The molecular formula is C19H25KN3O4S. The molecule has 5 rings (SSSR count). The van der Waals surface area contributed by atoms with Crippen molar-refractivity contribution in [3.8, 4) is 0 Å². The molecule has 2 heterocycles. The van der Waals surface area contributed by atoms with E-state index in [1.807, 2.05) is 0 Å². The molecule has 0 atom stereocenters. The van der Waals surface area contributed by atoms with Crippen molar-refractivity contribution >= 4 is 73.1 Å². The van der Waals surface area contributed by atoms with Crippen molar-refractivity contribution in [2.45, 2.75) is 49.8 Å². The number of carbonyl (C=O) groups excluding carboxylic acids is 1. The van der Waals surface area contributed by atoms with E-state index in [9.17, 15) is 13.2 Å². The van der Waals surface area contributed by atoms with E-state index in [1.54, 1.807) is 0 Å². The number of ether oxygens (including phenoxy) is 1. The van der Waals surface area contributed by atoms with Gasteiger partial charge in [0.25, 0.3) is 0 Å². The quantitative estimate of drug-likeness (QED) is 0.691. The van der Waals surface area contributed by atoms with Crippen LogP contribution in [0.15, 0.2) is 6.07 Å². The van der Waals surface area contributed by atoms with E-state index in [-0.39, 0.29) is 51.4 Å². The Labute approximate surface area is 208 Å². The minimum atomic E-state index is -3.67. The maximum Gasteiger partial charge on any atom is 0.332 e. The Balaban J connectivity index is 0.00000192. The minimum absolute atomic E-state index is 0. The summed E-state index contributed by atoms with van der Waals surface area (Å²) in [6.45, 7) is 2.27. The molecule has 2 N–H and O–H groups in total. The van der Waals surface area contributed by atoms with Gasteiger partial charge in [0.1, 0.15) is 5.25 Å². The SMILES string of the molecule is O=C(Nc1c2c(cc3c1CCC3)CCC2)NS(=O)(=O)C1CN(C2COC2)C1.[K]. The molecule has 2 aliphatic heterocycles. The van der Waals surface area contributed by atoms with Gasteiger partial charge in [0, 0.05) is 70.2 Å². The first kappa shape index (κ1) is 21.2. The van der Waals surface area contributed by atoms with Gasteiger partial charge in [-0.05, 0) is 60.8 Å². The van der Waals surface area contributed by atoms with Gasteiger partial charge in [0.15, 0.2) is 0 Å². The van der Waals surface area contributed by atoms with Crippen molar-refractivity contribution in [1.82, 2.24) is 9.62 Å². The molecule has 1 aromatic carbocycles. The van der Waals surface area contributed by atoms with Crippen LogP contribution in [0, 0.1) is 0 Å². The van der Waals surface area contributed by atoms with Crippen LogP contribution in [0.5, 0.6) is 0 Å². The average molecular weight is 431 g/mol. The van der Waals surface area contributed by atoms with Crippen LogP contribution in [0.3, 0.4) is 0 Å². The molecule has 0 unspecified atom stereocenters. The Hall–Kier alpha value is -0.00364. The number of hydrogen-bond donors (Lipinski definition) is 2. The Morgan fingerprint density at radius 2 is 1.64 bits per heavy atom. The zero-order valence-electron chi connectivity index (χ0n) is 16.3. The second-order valence-corrected chi connectivity index (χ2v) is 10.1. The van der Waals surface area contributed by atoms with E-state index in [4.69, 9.17) is 4.74 Å². The van der Waals surface area contributed by atoms with Crippen LogP contribution in [-0.2, 0) is 40.4 Å². The summed E-state index contributed by atoms with van der Waals surface area (Å²) in [5, 5.41) is 2.36. The summed E-state index contributed by atoms with van der Waals surface area (Å²) in [4.78, 5) is 14.6. The molecule has 7 nitrogen and oxygen atoms in total. The van der Waals surface area contributed by atoms with Crippen molar-refractivity contribution < 1.29 is 17.9 Å². The molecule has 0 spiro atoms. The molecule has 1 aromatic rings. The molecule has 2 aliphatic carbocycles. The van der Waals surface area contributed by atoms with Crippen molar-refractivity contribution in [2.24, 2.45) is 0 Å². The molecular weight excluding hydrogens is 405 g/mol. The van der Waals surface area contributed by atoms with E-state index < -0.39 is 21.3 Å². The van der Waals surface area contributed by atoms with Crippen molar-refractivity contribution in [2.75, 3.05) is 31.6 Å². The van der Waals surface area contributed by atoms with Gasteiger partial charge in [0.05, 0.1) is 19.3 Å². The number of benzene rings is 1. The van der Waals surface area contributed by atoms with Crippen LogP contribution < -0.4 is 10.0 Å². The van der Waals surface area contributed by atoms with Crippen LogP contribution in [0.4, 0.5) is 10.5 Å². The van der Waals surface area contributed by atoms with Gasteiger partial charge in [-0.25, -0.2) is 17.9 Å². The molecule has 2 fully saturated rings. The van der Waals surface area contributed by atoms with E-state index in [1.165, 1.54) is 22.3 Å². The second kappa shape index (κ2) is 8.26. The number of urea groups is 1. The van der Waals surface area contributed by atoms with E-state index in [0.29, 0.717) is 32.3 Å². The van der Waals surface area contributed by atoms with E-state index in [0.717, 1.165) is 44.2 Å². The molecule has 28 heavy (non-hydrogen) atoms. The summed E-state index contributed by atoms with van der Waals surface area (Å²) in [7, 11) is -3.67. The number of nitrogens with zero attached hydrogens (tertiary/aromatic N) is 1. The fourth-order valence-corrected chi connectivity index (χ4v) is 5.97. The minimum Gasteiger partial charge on any atom is -0.378 e. The van der Waals surface area contributed by atoms with Gasteiger partial charge in [0.2, 0.25) is 10.0 Å². The third-order valence-electron chi connectivity index (χ3n) is 6.40. The van der Waals surface area contributed by atoms with Gasteiger partial charge >= 0.3 is 6.03 Å². The Morgan fingerprint density at radius 1 is 1.04 bits per heavy atom. The first-order valence-electron chi connectivity index (χ1n) is 9.82. The van der Waals surface area contributed by atoms with Gasteiger partial charge < -0.3 is 10.1 Å². The van der Waals surface area contributed by atoms with Crippen molar-refractivity contribution in [1.29, 1.82) is 0 Å². The van der Waals surface area contributed by atoms with Crippen LogP contribution >= 0.6 is 0 Å². The standard InChI is InChI=1S/C19H25N3O4S.K/c23-19(21-27(24,25)15-8-22(9-15)14-10-26-11-14)20-18-16-5-1-3-12(16)7-13-4-2-6-17(13)18;/h7,14-15H,1-6,8-11H2,(H2,20,21,23);. The summed E-state index contributed by atoms with van der Waals surface area (Å²) in [6.07, 6.45) is 6.17. The Morgan fingerprint density at radius 3 is 2.18 bits per heavy atom. The summed E-state index contributed by atoms with van der Waals surface area (Å²) < 4.78 is 32.4.